The highest BCUT2D eigenvalue weighted by molar-refractivity contribution is 5.68. The molecule has 1 aliphatic heterocycles. The van der Waals surface area contributed by atoms with Crippen LogP contribution in [0.1, 0.15) is 40.0 Å². The third kappa shape index (κ3) is 4.04. The van der Waals surface area contributed by atoms with Gasteiger partial charge in [0.2, 0.25) is 0 Å². The Hall–Kier alpha value is -1.03. The molecule has 1 heterocycles. The van der Waals surface area contributed by atoms with Gasteiger partial charge in [-0.25, -0.2) is 4.79 Å². The Balaban J connectivity index is 2.71. The summed E-state index contributed by atoms with van der Waals surface area (Å²) in [5.41, 5.74) is -0.502. The van der Waals surface area contributed by atoms with Gasteiger partial charge in [0, 0.05) is 6.54 Å². The third-order valence-electron chi connectivity index (χ3n) is 2.78. The van der Waals surface area contributed by atoms with Crippen molar-refractivity contribution < 1.29 is 14.6 Å². The van der Waals surface area contributed by atoms with Crippen molar-refractivity contribution in [3.63, 3.8) is 0 Å². The molecule has 1 aliphatic rings. The van der Waals surface area contributed by atoms with Crippen LogP contribution in [0.2, 0.25) is 0 Å². The van der Waals surface area contributed by atoms with Crippen LogP contribution in [-0.2, 0) is 4.74 Å². The monoisotopic (exact) mass is 241 g/mol. The van der Waals surface area contributed by atoms with Crippen LogP contribution in [0.4, 0.5) is 4.79 Å². The molecule has 17 heavy (non-hydrogen) atoms. The summed E-state index contributed by atoms with van der Waals surface area (Å²) >= 11 is 0. The molecule has 4 nitrogen and oxygen atoms in total. The number of likely N-dealkylation sites (tertiary alicyclic amines) is 1. The molecule has 0 saturated carbocycles. The summed E-state index contributed by atoms with van der Waals surface area (Å²) in [7, 11) is 0. The minimum atomic E-state index is -0.502. The number of hydrogen-bond donors (Lipinski definition) is 1. The lowest BCUT2D eigenvalue weighted by Gasteiger charge is -2.39. The van der Waals surface area contributed by atoms with Crippen molar-refractivity contribution in [2.24, 2.45) is 0 Å². The van der Waals surface area contributed by atoms with Gasteiger partial charge in [-0.2, -0.15) is 0 Å². The first-order chi connectivity index (χ1) is 7.85. The SMILES string of the molecule is C=CC[C@@H]1[C@@H](O)CCCN1C(=O)OC(C)(C)C. The van der Waals surface area contributed by atoms with Crippen LogP contribution in [0.25, 0.3) is 0 Å². The Bertz CT molecular complexity index is 283. The minimum Gasteiger partial charge on any atom is -0.444 e. The Kier molecular flexibility index (Phi) is 4.57. The summed E-state index contributed by atoms with van der Waals surface area (Å²) in [6.07, 6.45) is 3.06. The number of ether oxygens (including phenoxy) is 1. The van der Waals surface area contributed by atoms with Crippen LogP contribution in [0.3, 0.4) is 0 Å². The van der Waals surface area contributed by atoms with Crippen molar-refractivity contribution in [1.82, 2.24) is 4.90 Å². The Morgan fingerprint density at radius 1 is 1.59 bits per heavy atom. The van der Waals surface area contributed by atoms with Crippen LogP contribution in [-0.4, -0.2) is 40.4 Å². The number of aliphatic hydroxyl groups is 1. The van der Waals surface area contributed by atoms with Crippen molar-refractivity contribution in [2.75, 3.05) is 6.54 Å². The van der Waals surface area contributed by atoms with Gasteiger partial charge in [-0.15, -0.1) is 6.58 Å². The molecular formula is C13H23NO3. The summed E-state index contributed by atoms with van der Waals surface area (Å²) in [4.78, 5) is 13.6. The first-order valence-corrected chi connectivity index (χ1v) is 6.13. The molecule has 0 aromatic heterocycles. The number of rotatable bonds is 2. The smallest absolute Gasteiger partial charge is 0.410 e. The Morgan fingerprint density at radius 2 is 2.24 bits per heavy atom. The van der Waals surface area contributed by atoms with Gasteiger partial charge in [0.15, 0.2) is 0 Å². The van der Waals surface area contributed by atoms with E-state index in [-0.39, 0.29) is 12.1 Å². The highest BCUT2D eigenvalue weighted by Crippen LogP contribution is 2.23. The highest BCUT2D eigenvalue weighted by Gasteiger charge is 2.34. The number of piperidine rings is 1. The van der Waals surface area contributed by atoms with E-state index in [0.717, 1.165) is 12.8 Å². The van der Waals surface area contributed by atoms with E-state index in [2.05, 4.69) is 6.58 Å². The van der Waals surface area contributed by atoms with E-state index >= 15 is 0 Å². The summed E-state index contributed by atoms with van der Waals surface area (Å²) in [6.45, 7) is 9.83. The van der Waals surface area contributed by atoms with Gasteiger partial charge in [-0.05, 0) is 40.0 Å². The van der Waals surface area contributed by atoms with Gasteiger partial charge in [0.25, 0.3) is 0 Å². The summed E-state index contributed by atoms with van der Waals surface area (Å²) in [5, 5.41) is 9.92. The lowest BCUT2D eigenvalue weighted by atomic mass is 9.96. The topological polar surface area (TPSA) is 49.8 Å². The maximum atomic E-state index is 12.0. The zero-order valence-electron chi connectivity index (χ0n) is 11.0. The molecule has 1 fully saturated rings. The van der Waals surface area contributed by atoms with Crippen LogP contribution in [0.15, 0.2) is 12.7 Å². The van der Waals surface area contributed by atoms with Crippen molar-refractivity contribution in [1.29, 1.82) is 0 Å². The molecule has 0 aliphatic carbocycles. The first kappa shape index (κ1) is 14.0. The largest absolute Gasteiger partial charge is 0.444 e. The number of amides is 1. The average Bonchev–Trinajstić information content (AvgIpc) is 2.18. The molecule has 1 saturated heterocycles. The van der Waals surface area contributed by atoms with E-state index in [9.17, 15) is 9.90 Å². The van der Waals surface area contributed by atoms with E-state index in [4.69, 9.17) is 4.74 Å². The van der Waals surface area contributed by atoms with Gasteiger partial charge in [0.1, 0.15) is 5.60 Å². The normalized spacial score (nSPS) is 25.5. The fraction of sp³-hybridized carbons (Fsp3) is 0.769. The predicted octanol–water partition coefficient (Wildman–Crippen LogP) is 2.32. The minimum absolute atomic E-state index is 0.198. The Labute approximate surface area is 103 Å². The molecule has 0 unspecified atom stereocenters. The van der Waals surface area contributed by atoms with E-state index in [1.807, 2.05) is 20.8 Å². The Morgan fingerprint density at radius 3 is 2.76 bits per heavy atom. The lowest BCUT2D eigenvalue weighted by molar-refractivity contribution is -0.0220. The summed E-state index contributed by atoms with van der Waals surface area (Å²) in [5.74, 6) is 0. The van der Waals surface area contributed by atoms with Crippen molar-refractivity contribution in [3.05, 3.63) is 12.7 Å². The molecule has 1 N–H and O–H groups in total. The maximum absolute atomic E-state index is 12.0. The quantitative estimate of drug-likeness (QED) is 0.755. The van der Waals surface area contributed by atoms with Gasteiger partial charge in [-0.3, -0.25) is 0 Å². The molecule has 0 aromatic carbocycles. The summed E-state index contributed by atoms with van der Waals surface area (Å²) in [6, 6.07) is -0.198. The molecule has 98 valence electrons. The number of carbonyl (C=O) groups excluding carboxylic acids is 1. The number of hydrogen-bond acceptors (Lipinski definition) is 3. The van der Waals surface area contributed by atoms with Crippen LogP contribution in [0, 0.1) is 0 Å². The molecule has 0 radical (unpaired) electrons. The number of nitrogens with zero attached hydrogens (tertiary/aromatic N) is 1. The van der Waals surface area contributed by atoms with Crippen LogP contribution >= 0.6 is 0 Å². The molecule has 1 rings (SSSR count). The molecule has 2 atom stereocenters. The van der Waals surface area contributed by atoms with E-state index < -0.39 is 11.7 Å². The van der Waals surface area contributed by atoms with Crippen LogP contribution in [0.5, 0.6) is 0 Å². The van der Waals surface area contributed by atoms with Crippen LogP contribution < -0.4 is 0 Å². The van der Waals surface area contributed by atoms with E-state index in [1.54, 1.807) is 11.0 Å². The number of carbonyl (C=O) groups is 1. The number of aliphatic hydroxyl groups excluding tert-OH is 1. The fourth-order valence-electron chi connectivity index (χ4n) is 2.04. The van der Waals surface area contributed by atoms with Gasteiger partial charge >= 0.3 is 6.09 Å². The molecule has 1 amide bonds. The standard InChI is InChI=1S/C13H23NO3/c1-5-7-10-11(15)8-6-9-14(10)12(16)17-13(2,3)4/h5,10-11,15H,1,6-9H2,2-4H3/t10-,11+/m1/s1. The zero-order valence-corrected chi connectivity index (χ0v) is 11.0. The first-order valence-electron chi connectivity index (χ1n) is 6.13. The second-order valence-corrected chi connectivity index (χ2v) is 5.48. The molecule has 0 bridgehead atoms. The van der Waals surface area contributed by atoms with Crippen molar-refractivity contribution >= 4 is 6.09 Å². The predicted molar refractivity (Wildman–Crippen MR) is 66.8 cm³/mol. The fourth-order valence-corrected chi connectivity index (χ4v) is 2.04. The molecule has 4 heteroatoms. The van der Waals surface area contributed by atoms with Crippen molar-refractivity contribution in [3.8, 4) is 0 Å². The second-order valence-electron chi connectivity index (χ2n) is 5.48. The second kappa shape index (κ2) is 5.54. The third-order valence-corrected chi connectivity index (χ3v) is 2.78. The van der Waals surface area contributed by atoms with Gasteiger partial charge in [-0.1, -0.05) is 6.08 Å². The zero-order chi connectivity index (χ0) is 13.1. The van der Waals surface area contributed by atoms with Gasteiger partial charge in [0.05, 0.1) is 12.1 Å². The molecular weight excluding hydrogens is 218 g/mol. The van der Waals surface area contributed by atoms with E-state index in [1.165, 1.54) is 0 Å². The van der Waals surface area contributed by atoms with E-state index in [0.29, 0.717) is 13.0 Å². The van der Waals surface area contributed by atoms with Gasteiger partial charge < -0.3 is 14.7 Å². The summed E-state index contributed by atoms with van der Waals surface area (Å²) < 4.78 is 5.34. The molecule has 0 aromatic rings. The van der Waals surface area contributed by atoms with Crippen molar-refractivity contribution in [2.45, 2.75) is 57.8 Å². The molecule has 0 spiro atoms. The maximum Gasteiger partial charge on any atom is 0.410 e. The highest BCUT2D eigenvalue weighted by atomic mass is 16.6. The average molecular weight is 241 g/mol. The lowest BCUT2D eigenvalue weighted by Crippen LogP contribution is -2.52.